The third-order valence-corrected chi connectivity index (χ3v) is 6.57. The van der Waals surface area contributed by atoms with Crippen LogP contribution in [-0.4, -0.2) is 86.6 Å². The Hall–Kier alpha value is -3.22. The maximum absolute atomic E-state index is 13.7. The maximum atomic E-state index is 13.7. The molecule has 0 aliphatic rings. The van der Waals surface area contributed by atoms with Crippen LogP contribution in [0.1, 0.15) is 120 Å². The molecule has 0 saturated heterocycles. The lowest BCUT2D eigenvalue weighted by atomic mass is 10.1. The predicted molar refractivity (Wildman–Crippen MR) is 188 cm³/mol. The number of alkyl halides is 1. The highest BCUT2D eigenvalue weighted by molar-refractivity contribution is 9.09. The Morgan fingerprint density at radius 1 is 0.766 bits per heavy atom. The van der Waals surface area contributed by atoms with Crippen LogP contribution in [0.25, 0.3) is 0 Å². The largest absolute Gasteiger partial charge is 0.478 e. The lowest BCUT2D eigenvalue weighted by Gasteiger charge is -2.34. The lowest BCUT2D eigenvalue weighted by Crippen LogP contribution is -2.53. The number of hydrogen-bond donors (Lipinski definition) is 1. The molecule has 266 valence electrons. The highest BCUT2D eigenvalue weighted by Gasteiger charge is 2.35. The van der Waals surface area contributed by atoms with Crippen molar-refractivity contribution < 1.29 is 33.3 Å². The zero-order valence-electron chi connectivity index (χ0n) is 30.0. The number of rotatable bonds is 14. The maximum Gasteiger partial charge on any atom is 0.437 e. The molecule has 0 aromatic carbocycles. The van der Waals surface area contributed by atoms with Crippen molar-refractivity contribution in [2.45, 2.75) is 131 Å². The fraction of sp³-hybridized carbons (Fsp3) is 0.706. The number of pyridine rings is 1. The number of nitrogens with one attached hydrogen (secondary N) is 1. The summed E-state index contributed by atoms with van der Waals surface area (Å²) in [5.74, 6) is 0.196. The molecule has 1 aromatic heterocycles. The monoisotopic (exact) mass is 725 g/mol. The summed E-state index contributed by atoms with van der Waals surface area (Å²) in [7, 11) is 0. The Morgan fingerprint density at radius 2 is 1.26 bits per heavy atom. The minimum atomic E-state index is -0.954. The summed E-state index contributed by atoms with van der Waals surface area (Å²) >= 11 is 3.45. The van der Waals surface area contributed by atoms with E-state index in [2.05, 4.69) is 25.9 Å². The minimum Gasteiger partial charge on any atom is -0.478 e. The average molecular weight is 727 g/mol. The molecule has 0 radical (unpaired) electrons. The van der Waals surface area contributed by atoms with Crippen molar-refractivity contribution in [3.05, 3.63) is 23.9 Å². The van der Waals surface area contributed by atoms with Gasteiger partial charge in [-0.05, 0) is 101 Å². The first-order chi connectivity index (χ1) is 21.7. The third-order valence-electron chi connectivity index (χ3n) is 6.01. The van der Waals surface area contributed by atoms with Gasteiger partial charge in [-0.15, -0.1) is 4.99 Å². The van der Waals surface area contributed by atoms with Gasteiger partial charge in [-0.25, -0.2) is 29.2 Å². The summed E-state index contributed by atoms with van der Waals surface area (Å²) in [5.41, 5.74) is -1.47. The second kappa shape index (κ2) is 19.6. The highest BCUT2D eigenvalue weighted by Crippen LogP contribution is 2.19. The molecule has 1 heterocycles. The number of unbranched alkanes of at least 4 members (excludes halogenated alkanes) is 5. The van der Waals surface area contributed by atoms with Gasteiger partial charge >= 0.3 is 18.3 Å². The van der Waals surface area contributed by atoms with Crippen LogP contribution in [0.15, 0.2) is 23.3 Å². The Kier molecular flexibility index (Phi) is 17.4. The Balaban J connectivity index is 3.41. The zero-order valence-corrected chi connectivity index (χ0v) is 31.6. The molecule has 12 nitrogen and oxygen atoms in total. The highest BCUT2D eigenvalue weighted by atomic mass is 79.9. The normalized spacial score (nSPS) is 12.3. The van der Waals surface area contributed by atoms with Gasteiger partial charge in [0, 0.05) is 42.0 Å². The van der Waals surface area contributed by atoms with Gasteiger partial charge in [-0.3, -0.25) is 0 Å². The summed E-state index contributed by atoms with van der Waals surface area (Å²) in [6.45, 7) is 17.8. The Labute approximate surface area is 289 Å². The van der Waals surface area contributed by atoms with Crippen molar-refractivity contribution in [1.29, 1.82) is 5.41 Å². The molecule has 0 fully saturated rings. The zero-order chi connectivity index (χ0) is 35.8. The number of aromatic nitrogens is 1. The molecular weight excluding hydrogens is 670 g/mol. The van der Waals surface area contributed by atoms with Crippen molar-refractivity contribution in [2.24, 2.45) is 4.99 Å². The van der Waals surface area contributed by atoms with E-state index in [-0.39, 0.29) is 19.0 Å². The van der Waals surface area contributed by atoms with E-state index in [1.165, 1.54) is 9.80 Å². The molecule has 0 aliphatic heterocycles. The number of aliphatic imine (C=N–C) groups is 1. The molecule has 0 aliphatic carbocycles. The summed E-state index contributed by atoms with van der Waals surface area (Å²) < 4.78 is 22.7. The minimum absolute atomic E-state index is 0.0593. The predicted octanol–water partition coefficient (Wildman–Crippen LogP) is 8.74. The summed E-state index contributed by atoms with van der Waals surface area (Å²) in [6, 6.07) is 3.46. The molecule has 1 aromatic rings. The number of ether oxygens (including phenoxy) is 4. The van der Waals surface area contributed by atoms with Crippen molar-refractivity contribution in [3.8, 4) is 5.88 Å². The molecule has 0 atom stereocenters. The van der Waals surface area contributed by atoms with Gasteiger partial charge in [-0.1, -0.05) is 35.2 Å². The molecule has 1 N–H and O–H groups in total. The molecule has 0 bridgehead atoms. The first-order valence-corrected chi connectivity index (χ1v) is 17.4. The molecule has 13 heteroatoms. The quantitative estimate of drug-likeness (QED) is 0.0659. The first kappa shape index (κ1) is 41.8. The van der Waals surface area contributed by atoms with Gasteiger partial charge < -0.3 is 24.4 Å². The van der Waals surface area contributed by atoms with Gasteiger partial charge in [0.2, 0.25) is 11.8 Å². The number of hydrogen-bond acceptors (Lipinski definition) is 9. The summed E-state index contributed by atoms with van der Waals surface area (Å²) in [5, 5.41) is 8.65. The van der Waals surface area contributed by atoms with Gasteiger partial charge in [0.05, 0.1) is 6.61 Å². The fourth-order valence-electron chi connectivity index (χ4n) is 3.94. The molecular formula is C34H56BrN5O7. The Bertz CT molecular complexity index is 1190. The van der Waals surface area contributed by atoms with Crippen LogP contribution < -0.4 is 4.74 Å². The molecule has 0 spiro atoms. The van der Waals surface area contributed by atoms with E-state index in [0.29, 0.717) is 43.0 Å². The van der Waals surface area contributed by atoms with Crippen LogP contribution in [0.5, 0.6) is 5.88 Å². The van der Waals surface area contributed by atoms with Gasteiger partial charge in [0.25, 0.3) is 0 Å². The van der Waals surface area contributed by atoms with E-state index in [4.69, 9.17) is 24.4 Å². The van der Waals surface area contributed by atoms with E-state index in [1.807, 2.05) is 0 Å². The smallest absolute Gasteiger partial charge is 0.437 e. The van der Waals surface area contributed by atoms with Crippen LogP contribution in [-0.2, 0) is 14.2 Å². The van der Waals surface area contributed by atoms with E-state index in [9.17, 15) is 14.4 Å². The van der Waals surface area contributed by atoms with E-state index >= 15 is 0 Å². The van der Waals surface area contributed by atoms with Crippen LogP contribution in [0, 0.1) is 5.41 Å². The van der Waals surface area contributed by atoms with E-state index in [1.54, 1.807) is 87.6 Å². The molecule has 0 unspecified atom stereocenters. The number of halogens is 1. The van der Waals surface area contributed by atoms with Crippen LogP contribution in [0.4, 0.5) is 14.4 Å². The first-order valence-electron chi connectivity index (χ1n) is 16.3. The number of amides is 3. The van der Waals surface area contributed by atoms with Crippen molar-refractivity contribution in [2.75, 3.05) is 25.0 Å². The Morgan fingerprint density at radius 3 is 1.70 bits per heavy atom. The number of carbonyl (C=O) groups is 3. The molecule has 1 rings (SSSR count). The topological polar surface area (TPSA) is 144 Å². The summed E-state index contributed by atoms with van der Waals surface area (Å²) in [4.78, 5) is 51.4. The standard InChI is InChI=1S/C34H56BrN5O7/c1-25(36)26-18-19-27(37-24-26)44-23-17-16-22-40(31(43)47-34(8,9)10)28(38-29(41)45-32(2,3)4)39(30(42)46-33(5,6)7)21-15-13-11-12-14-20-35/h18-19,24,36H,11-17,20-23H2,1-10H3/b36-25?,38-28+. The number of nitrogens with zero attached hydrogens (tertiary/aromatic N) is 4. The van der Waals surface area contributed by atoms with E-state index < -0.39 is 35.1 Å². The van der Waals surface area contributed by atoms with Crippen molar-refractivity contribution in [3.63, 3.8) is 0 Å². The van der Waals surface area contributed by atoms with Crippen molar-refractivity contribution in [1.82, 2.24) is 14.8 Å². The van der Waals surface area contributed by atoms with E-state index in [0.717, 1.165) is 31.0 Å². The molecule has 3 amide bonds. The second-order valence-corrected chi connectivity index (χ2v) is 15.0. The van der Waals surface area contributed by atoms with Crippen molar-refractivity contribution >= 4 is 45.9 Å². The van der Waals surface area contributed by atoms with Gasteiger partial charge in [0.1, 0.15) is 16.8 Å². The van der Waals surface area contributed by atoms with Crippen LogP contribution >= 0.6 is 15.9 Å². The SMILES string of the molecule is CC(=N)c1ccc(OCCCCN(C(=O)OC(C)(C)C)/C(=N/C(=O)OC(C)(C)C)N(CCCCCCCBr)C(=O)OC(C)(C)C)nc1. The fourth-order valence-corrected chi connectivity index (χ4v) is 4.34. The van der Waals surface area contributed by atoms with Crippen LogP contribution in [0.2, 0.25) is 0 Å². The number of carbonyl (C=O) groups excluding carboxylic acids is 3. The third kappa shape index (κ3) is 18.6. The van der Waals surface area contributed by atoms with Crippen LogP contribution in [0.3, 0.4) is 0 Å². The number of guanidine groups is 1. The van der Waals surface area contributed by atoms with Gasteiger partial charge in [-0.2, -0.15) is 0 Å². The molecule has 0 saturated carbocycles. The van der Waals surface area contributed by atoms with Gasteiger partial charge in [0.15, 0.2) is 0 Å². The summed E-state index contributed by atoms with van der Waals surface area (Å²) in [6.07, 6.45) is 4.48. The molecule has 47 heavy (non-hydrogen) atoms. The lowest BCUT2D eigenvalue weighted by molar-refractivity contribution is 0.0271. The average Bonchev–Trinajstić information content (AvgIpc) is 2.91. The second-order valence-electron chi connectivity index (χ2n) is 14.2.